The molecule has 0 aromatic rings. The zero-order valence-corrected chi connectivity index (χ0v) is 10.7. The fourth-order valence-electron chi connectivity index (χ4n) is 1.35. The van der Waals surface area contributed by atoms with E-state index < -0.39 is 28.3 Å². The smallest absolute Gasteiger partial charge is 0.340 e. The lowest BCUT2D eigenvalue weighted by Gasteiger charge is -2.18. The van der Waals surface area contributed by atoms with Crippen LogP contribution >= 0.6 is 0 Å². The molecule has 0 N–H and O–H groups in total. The third kappa shape index (κ3) is 4.31. The van der Waals surface area contributed by atoms with Crippen molar-refractivity contribution in [2.45, 2.75) is 32.5 Å². The molecule has 98 valence electrons. The standard InChI is InChI=1S/C9H15NO6S/c1-4-14-9(11)8(16-17(3,12)13)7-5-6(2)10-15-7/h7-8H,4-5H2,1-3H3/t7-,8-/m0/s1. The van der Waals surface area contributed by atoms with Crippen LogP contribution in [0.4, 0.5) is 0 Å². The first-order chi connectivity index (χ1) is 7.83. The normalized spacial score (nSPS) is 21.6. The minimum Gasteiger partial charge on any atom is -0.464 e. The third-order valence-electron chi connectivity index (χ3n) is 1.98. The van der Waals surface area contributed by atoms with E-state index in [1.54, 1.807) is 13.8 Å². The van der Waals surface area contributed by atoms with Crippen LogP contribution in [0, 0.1) is 0 Å². The van der Waals surface area contributed by atoms with Gasteiger partial charge >= 0.3 is 5.97 Å². The van der Waals surface area contributed by atoms with Gasteiger partial charge in [0.1, 0.15) is 0 Å². The van der Waals surface area contributed by atoms with Gasteiger partial charge in [-0.15, -0.1) is 0 Å². The largest absolute Gasteiger partial charge is 0.464 e. The van der Waals surface area contributed by atoms with Crippen LogP contribution in [0.1, 0.15) is 20.3 Å². The summed E-state index contributed by atoms with van der Waals surface area (Å²) in [6.07, 6.45) is -0.879. The molecule has 2 atom stereocenters. The molecule has 1 rings (SSSR count). The van der Waals surface area contributed by atoms with Gasteiger partial charge in [0.15, 0.2) is 6.10 Å². The summed E-state index contributed by atoms with van der Waals surface area (Å²) >= 11 is 0. The maximum Gasteiger partial charge on any atom is 0.340 e. The van der Waals surface area contributed by atoms with Crippen molar-refractivity contribution >= 4 is 21.8 Å². The van der Waals surface area contributed by atoms with Crippen molar-refractivity contribution in [3.8, 4) is 0 Å². The van der Waals surface area contributed by atoms with Crippen molar-refractivity contribution in [2.24, 2.45) is 5.16 Å². The number of esters is 1. The number of hydrogen-bond donors (Lipinski definition) is 0. The second-order valence-electron chi connectivity index (χ2n) is 3.65. The highest BCUT2D eigenvalue weighted by Gasteiger charge is 2.38. The Labute approximate surface area is 99.8 Å². The molecule has 1 aliphatic heterocycles. The van der Waals surface area contributed by atoms with Gasteiger partial charge in [0.2, 0.25) is 6.10 Å². The van der Waals surface area contributed by atoms with Gasteiger partial charge in [-0.2, -0.15) is 8.42 Å². The quantitative estimate of drug-likeness (QED) is 0.515. The zero-order chi connectivity index (χ0) is 13.1. The molecule has 0 aliphatic carbocycles. The Morgan fingerprint density at radius 3 is 2.71 bits per heavy atom. The van der Waals surface area contributed by atoms with Crippen LogP contribution in [-0.2, 0) is 28.7 Å². The summed E-state index contributed by atoms with van der Waals surface area (Å²) in [5, 5.41) is 3.65. The highest BCUT2D eigenvalue weighted by atomic mass is 32.2. The first kappa shape index (κ1) is 13.9. The molecule has 0 amide bonds. The Bertz CT molecular complexity index is 415. The number of carbonyl (C=O) groups is 1. The van der Waals surface area contributed by atoms with Crippen LogP contribution in [-0.4, -0.2) is 45.2 Å². The molecule has 0 fully saturated rings. The molecule has 0 saturated heterocycles. The number of ether oxygens (including phenoxy) is 1. The van der Waals surface area contributed by atoms with E-state index in [0.29, 0.717) is 12.1 Å². The van der Waals surface area contributed by atoms with Crippen LogP contribution < -0.4 is 0 Å². The summed E-state index contributed by atoms with van der Waals surface area (Å²) in [6, 6.07) is 0. The van der Waals surface area contributed by atoms with Gasteiger partial charge in [0.25, 0.3) is 10.1 Å². The summed E-state index contributed by atoms with van der Waals surface area (Å²) in [5.41, 5.74) is 0.668. The van der Waals surface area contributed by atoms with Gasteiger partial charge in [-0.25, -0.2) is 4.79 Å². The van der Waals surface area contributed by atoms with Crippen LogP contribution in [0.5, 0.6) is 0 Å². The zero-order valence-electron chi connectivity index (χ0n) is 9.87. The van der Waals surface area contributed by atoms with E-state index >= 15 is 0 Å². The molecule has 1 heterocycles. The molecule has 17 heavy (non-hydrogen) atoms. The van der Waals surface area contributed by atoms with Crippen molar-refractivity contribution in [1.29, 1.82) is 0 Å². The molecule has 0 spiro atoms. The first-order valence-corrected chi connectivity index (χ1v) is 6.89. The maximum absolute atomic E-state index is 11.6. The van der Waals surface area contributed by atoms with Gasteiger partial charge in [-0.3, -0.25) is 4.18 Å². The highest BCUT2D eigenvalue weighted by molar-refractivity contribution is 7.86. The topological polar surface area (TPSA) is 91.3 Å². The minimum absolute atomic E-state index is 0.134. The lowest BCUT2D eigenvalue weighted by atomic mass is 10.1. The number of rotatable bonds is 5. The lowest BCUT2D eigenvalue weighted by molar-refractivity contribution is -0.157. The molecule has 0 radical (unpaired) electrons. The number of nitrogens with zero attached hydrogens (tertiary/aromatic N) is 1. The lowest BCUT2D eigenvalue weighted by Crippen LogP contribution is -2.39. The SMILES string of the molecule is CCOC(=O)[C@@H](OS(C)(=O)=O)[C@@H]1CC(C)=NO1. The monoisotopic (exact) mass is 265 g/mol. The Morgan fingerprint density at radius 1 is 1.65 bits per heavy atom. The maximum atomic E-state index is 11.6. The van der Waals surface area contributed by atoms with E-state index in [0.717, 1.165) is 6.26 Å². The molecule has 0 saturated carbocycles. The number of hydrogen-bond acceptors (Lipinski definition) is 7. The molecule has 7 nitrogen and oxygen atoms in total. The summed E-state index contributed by atoms with van der Waals surface area (Å²) in [5.74, 6) is -0.771. The number of oxime groups is 1. The van der Waals surface area contributed by atoms with Crippen molar-refractivity contribution in [3.05, 3.63) is 0 Å². The Kier molecular flexibility index (Phi) is 4.47. The molecule has 0 bridgehead atoms. The minimum atomic E-state index is -3.77. The van der Waals surface area contributed by atoms with Crippen LogP contribution in [0.2, 0.25) is 0 Å². The predicted molar refractivity (Wildman–Crippen MR) is 58.9 cm³/mol. The third-order valence-corrected chi connectivity index (χ3v) is 2.53. The van der Waals surface area contributed by atoms with Crippen molar-refractivity contribution in [2.75, 3.05) is 12.9 Å². The van der Waals surface area contributed by atoms with Crippen molar-refractivity contribution < 1.29 is 27.0 Å². The van der Waals surface area contributed by atoms with Gasteiger partial charge in [0, 0.05) is 6.42 Å². The molecular formula is C9H15NO6S. The Hall–Kier alpha value is -1.15. The van der Waals surface area contributed by atoms with Crippen molar-refractivity contribution in [1.82, 2.24) is 0 Å². The molecule has 0 aromatic carbocycles. The average Bonchev–Trinajstić information content (AvgIpc) is 2.60. The highest BCUT2D eigenvalue weighted by Crippen LogP contribution is 2.19. The fourth-order valence-corrected chi connectivity index (χ4v) is 1.93. The van der Waals surface area contributed by atoms with Crippen molar-refractivity contribution in [3.63, 3.8) is 0 Å². The van der Waals surface area contributed by atoms with Gasteiger partial charge in [-0.1, -0.05) is 5.16 Å². The van der Waals surface area contributed by atoms with Gasteiger partial charge < -0.3 is 9.57 Å². The summed E-state index contributed by atoms with van der Waals surface area (Å²) < 4.78 is 31.6. The van der Waals surface area contributed by atoms with Crippen LogP contribution in [0.25, 0.3) is 0 Å². The van der Waals surface area contributed by atoms with Crippen LogP contribution in [0.3, 0.4) is 0 Å². The molecular weight excluding hydrogens is 250 g/mol. The Balaban J connectivity index is 2.76. The van der Waals surface area contributed by atoms with E-state index in [4.69, 9.17) is 9.57 Å². The van der Waals surface area contributed by atoms with Crippen LogP contribution in [0.15, 0.2) is 5.16 Å². The molecule has 8 heteroatoms. The average molecular weight is 265 g/mol. The summed E-state index contributed by atoms with van der Waals surface area (Å²) in [6.45, 7) is 3.46. The predicted octanol–water partition coefficient (Wildman–Crippen LogP) is 0.0591. The number of carbonyl (C=O) groups excluding carboxylic acids is 1. The molecule has 0 aromatic heterocycles. The summed E-state index contributed by atoms with van der Waals surface area (Å²) in [7, 11) is -3.77. The van der Waals surface area contributed by atoms with E-state index in [-0.39, 0.29) is 6.61 Å². The molecule has 1 aliphatic rings. The van der Waals surface area contributed by atoms with E-state index in [9.17, 15) is 13.2 Å². The van der Waals surface area contributed by atoms with E-state index in [1.165, 1.54) is 0 Å². The summed E-state index contributed by atoms with van der Waals surface area (Å²) in [4.78, 5) is 16.5. The van der Waals surface area contributed by atoms with Gasteiger partial charge in [-0.05, 0) is 13.8 Å². The second kappa shape index (κ2) is 5.46. The van der Waals surface area contributed by atoms with E-state index in [2.05, 4.69) is 9.34 Å². The molecule has 0 unspecified atom stereocenters. The van der Waals surface area contributed by atoms with Gasteiger partial charge in [0.05, 0.1) is 18.6 Å². The second-order valence-corrected chi connectivity index (χ2v) is 5.25. The fraction of sp³-hybridized carbons (Fsp3) is 0.778. The van der Waals surface area contributed by atoms with E-state index in [1.807, 2.05) is 0 Å². The Morgan fingerprint density at radius 2 is 2.29 bits per heavy atom. The first-order valence-electron chi connectivity index (χ1n) is 5.07.